The van der Waals surface area contributed by atoms with Gasteiger partial charge in [0.2, 0.25) is 5.43 Å². The Balaban J connectivity index is 2.14. The molecule has 22 heavy (non-hydrogen) atoms. The number of aliphatic carboxylic acids is 1. The largest absolute Gasteiger partial charge is 0.503 e. The third-order valence-electron chi connectivity index (χ3n) is 4.53. The van der Waals surface area contributed by atoms with E-state index in [0.717, 1.165) is 12.1 Å². The van der Waals surface area contributed by atoms with Gasteiger partial charge in [-0.3, -0.25) is 14.5 Å². The third kappa shape index (κ3) is 3.68. The second kappa shape index (κ2) is 6.96. The zero-order chi connectivity index (χ0) is 16.3. The van der Waals surface area contributed by atoms with E-state index in [2.05, 4.69) is 11.8 Å². The standard InChI is InChI=1S/C16H24N2O4/c1-3-11(2)18-10-15(20)14(19)8-13(18)9-17-6-4-12(5-7-17)16(21)22/h8,10-12,20H,3-7,9H2,1-2H3,(H,21,22). The van der Waals surface area contributed by atoms with Crippen LogP contribution in [0.1, 0.15) is 44.8 Å². The Morgan fingerprint density at radius 2 is 2.05 bits per heavy atom. The van der Waals surface area contributed by atoms with Gasteiger partial charge in [-0.1, -0.05) is 6.92 Å². The Morgan fingerprint density at radius 3 is 2.59 bits per heavy atom. The average Bonchev–Trinajstić information content (AvgIpc) is 2.50. The molecule has 1 atom stereocenters. The van der Waals surface area contributed by atoms with Gasteiger partial charge in [0, 0.05) is 24.3 Å². The Kier molecular flexibility index (Phi) is 5.24. The SMILES string of the molecule is CCC(C)n1cc(O)c(=O)cc1CN1CCC(C(=O)O)CC1. The third-order valence-corrected chi connectivity index (χ3v) is 4.53. The molecule has 1 saturated heterocycles. The molecule has 0 aliphatic carbocycles. The molecule has 6 heteroatoms. The van der Waals surface area contributed by atoms with Gasteiger partial charge in [-0.2, -0.15) is 0 Å². The number of aromatic hydroxyl groups is 1. The van der Waals surface area contributed by atoms with Crippen molar-refractivity contribution in [2.24, 2.45) is 5.92 Å². The number of likely N-dealkylation sites (tertiary alicyclic amines) is 1. The van der Waals surface area contributed by atoms with Crippen LogP contribution in [0.25, 0.3) is 0 Å². The summed E-state index contributed by atoms with van der Waals surface area (Å²) < 4.78 is 1.94. The maximum Gasteiger partial charge on any atom is 0.306 e. The van der Waals surface area contributed by atoms with Crippen molar-refractivity contribution in [3.63, 3.8) is 0 Å². The maximum absolute atomic E-state index is 11.7. The number of rotatable bonds is 5. The molecule has 2 rings (SSSR count). The fourth-order valence-corrected chi connectivity index (χ4v) is 2.88. The molecule has 0 amide bonds. The Hall–Kier alpha value is -1.82. The average molecular weight is 308 g/mol. The normalized spacial score (nSPS) is 18.3. The highest BCUT2D eigenvalue weighted by atomic mass is 16.4. The summed E-state index contributed by atoms with van der Waals surface area (Å²) in [6.07, 6.45) is 3.69. The summed E-state index contributed by atoms with van der Waals surface area (Å²) in [5, 5.41) is 18.7. The van der Waals surface area contributed by atoms with E-state index in [1.54, 1.807) is 0 Å². The van der Waals surface area contributed by atoms with Crippen LogP contribution in [-0.2, 0) is 11.3 Å². The van der Waals surface area contributed by atoms with E-state index in [4.69, 9.17) is 5.11 Å². The van der Waals surface area contributed by atoms with Crippen LogP contribution in [-0.4, -0.2) is 38.7 Å². The molecule has 0 radical (unpaired) electrons. The van der Waals surface area contributed by atoms with E-state index in [1.165, 1.54) is 12.3 Å². The van der Waals surface area contributed by atoms with Gasteiger partial charge < -0.3 is 14.8 Å². The summed E-state index contributed by atoms with van der Waals surface area (Å²) in [7, 11) is 0. The molecule has 6 nitrogen and oxygen atoms in total. The number of hydrogen-bond donors (Lipinski definition) is 2. The van der Waals surface area contributed by atoms with Gasteiger partial charge in [-0.15, -0.1) is 0 Å². The predicted octanol–water partition coefficient (Wildman–Crippen LogP) is 1.82. The Labute approximate surface area is 130 Å². The monoisotopic (exact) mass is 308 g/mol. The number of nitrogens with zero attached hydrogens (tertiary/aromatic N) is 2. The zero-order valence-electron chi connectivity index (χ0n) is 13.2. The molecule has 1 fully saturated rings. The van der Waals surface area contributed by atoms with E-state index in [0.29, 0.717) is 32.5 Å². The van der Waals surface area contributed by atoms with Crippen LogP contribution in [0.3, 0.4) is 0 Å². The van der Waals surface area contributed by atoms with Crippen molar-refractivity contribution in [3.05, 3.63) is 28.2 Å². The fourth-order valence-electron chi connectivity index (χ4n) is 2.88. The van der Waals surface area contributed by atoms with Crippen LogP contribution < -0.4 is 5.43 Å². The van der Waals surface area contributed by atoms with Crippen molar-refractivity contribution in [1.82, 2.24) is 9.47 Å². The van der Waals surface area contributed by atoms with E-state index in [-0.39, 0.29) is 23.1 Å². The summed E-state index contributed by atoms with van der Waals surface area (Å²) in [4.78, 5) is 24.9. The molecule has 2 heterocycles. The maximum atomic E-state index is 11.7. The van der Waals surface area contributed by atoms with Crippen LogP contribution in [0.2, 0.25) is 0 Å². The summed E-state index contributed by atoms with van der Waals surface area (Å²) >= 11 is 0. The molecule has 0 spiro atoms. The van der Waals surface area contributed by atoms with Crippen molar-refractivity contribution < 1.29 is 15.0 Å². The van der Waals surface area contributed by atoms with E-state index < -0.39 is 5.97 Å². The topological polar surface area (TPSA) is 82.8 Å². The van der Waals surface area contributed by atoms with Crippen molar-refractivity contribution in [3.8, 4) is 5.75 Å². The first-order valence-corrected chi connectivity index (χ1v) is 7.81. The van der Waals surface area contributed by atoms with Crippen molar-refractivity contribution in [2.45, 2.75) is 45.7 Å². The highest BCUT2D eigenvalue weighted by molar-refractivity contribution is 5.70. The number of carboxylic acids is 1. The minimum absolute atomic E-state index is 0.193. The molecule has 2 N–H and O–H groups in total. The number of pyridine rings is 1. The lowest BCUT2D eigenvalue weighted by Gasteiger charge is -2.31. The Bertz CT molecular complexity index is 588. The number of carboxylic acid groups (broad SMARTS) is 1. The van der Waals surface area contributed by atoms with Crippen LogP contribution in [0, 0.1) is 5.92 Å². The quantitative estimate of drug-likeness (QED) is 0.867. The van der Waals surface area contributed by atoms with E-state index in [1.807, 2.05) is 11.5 Å². The molecule has 1 aliphatic heterocycles. The summed E-state index contributed by atoms with van der Waals surface area (Å²) in [6.45, 7) is 6.14. The summed E-state index contributed by atoms with van der Waals surface area (Å²) in [5.74, 6) is -1.21. The first-order chi connectivity index (χ1) is 10.4. The smallest absolute Gasteiger partial charge is 0.306 e. The van der Waals surface area contributed by atoms with Crippen molar-refractivity contribution >= 4 is 5.97 Å². The second-order valence-electron chi connectivity index (χ2n) is 6.07. The molecule has 1 unspecified atom stereocenters. The van der Waals surface area contributed by atoms with Gasteiger partial charge >= 0.3 is 5.97 Å². The first kappa shape index (κ1) is 16.5. The zero-order valence-corrected chi connectivity index (χ0v) is 13.2. The lowest BCUT2D eigenvalue weighted by atomic mass is 9.97. The highest BCUT2D eigenvalue weighted by Crippen LogP contribution is 2.21. The predicted molar refractivity (Wildman–Crippen MR) is 83.0 cm³/mol. The molecule has 1 aromatic rings. The van der Waals surface area contributed by atoms with Gasteiger partial charge in [-0.05, 0) is 39.3 Å². The molecule has 0 bridgehead atoms. The van der Waals surface area contributed by atoms with E-state index in [9.17, 15) is 14.7 Å². The molecule has 1 aliphatic rings. The summed E-state index contributed by atoms with van der Waals surface area (Å²) in [5.41, 5.74) is 0.501. The van der Waals surface area contributed by atoms with Gasteiger partial charge in [0.1, 0.15) is 0 Å². The Morgan fingerprint density at radius 1 is 1.41 bits per heavy atom. The molecular formula is C16H24N2O4. The number of carbonyl (C=O) groups is 1. The fraction of sp³-hybridized carbons (Fsp3) is 0.625. The second-order valence-corrected chi connectivity index (χ2v) is 6.07. The lowest BCUT2D eigenvalue weighted by molar-refractivity contribution is -0.143. The lowest BCUT2D eigenvalue weighted by Crippen LogP contribution is -2.36. The van der Waals surface area contributed by atoms with Crippen molar-refractivity contribution in [2.75, 3.05) is 13.1 Å². The van der Waals surface area contributed by atoms with Crippen molar-refractivity contribution in [1.29, 1.82) is 0 Å². The van der Waals surface area contributed by atoms with Gasteiger partial charge in [0.15, 0.2) is 5.75 Å². The minimum Gasteiger partial charge on any atom is -0.503 e. The number of piperidine rings is 1. The summed E-state index contributed by atoms with van der Waals surface area (Å²) in [6, 6.07) is 1.68. The first-order valence-electron chi connectivity index (χ1n) is 7.81. The number of hydrogen-bond acceptors (Lipinski definition) is 4. The van der Waals surface area contributed by atoms with Gasteiger partial charge in [-0.25, -0.2) is 0 Å². The van der Waals surface area contributed by atoms with Crippen LogP contribution in [0.15, 0.2) is 17.1 Å². The molecule has 0 saturated carbocycles. The highest BCUT2D eigenvalue weighted by Gasteiger charge is 2.25. The molecule has 0 aromatic carbocycles. The van der Waals surface area contributed by atoms with Crippen LogP contribution in [0.5, 0.6) is 5.75 Å². The van der Waals surface area contributed by atoms with E-state index >= 15 is 0 Å². The molecular weight excluding hydrogens is 284 g/mol. The molecule has 1 aromatic heterocycles. The van der Waals surface area contributed by atoms with Gasteiger partial charge in [0.25, 0.3) is 0 Å². The van der Waals surface area contributed by atoms with Gasteiger partial charge in [0.05, 0.1) is 12.1 Å². The minimum atomic E-state index is -0.721. The molecule has 122 valence electrons. The van der Waals surface area contributed by atoms with Crippen LogP contribution in [0.4, 0.5) is 0 Å². The van der Waals surface area contributed by atoms with Crippen LogP contribution >= 0.6 is 0 Å². The number of aromatic nitrogens is 1.